The van der Waals surface area contributed by atoms with Gasteiger partial charge in [-0.25, -0.2) is 33.7 Å². The van der Waals surface area contributed by atoms with Gasteiger partial charge in [-0.15, -0.1) is 0 Å². The van der Waals surface area contributed by atoms with Crippen LogP contribution in [-0.4, -0.2) is 113 Å². The van der Waals surface area contributed by atoms with Gasteiger partial charge in [0.1, 0.15) is 35.8 Å². The molecule has 1 fully saturated rings. The lowest BCUT2D eigenvalue weighted by Crippen LogP contribution is -2.49. The third-order valence-electron chi connectivity index (χ3n) is 11.0. The molecule has 6 rings (SSSR count). The molecule has 25 heteroatoms. The number of fused-ring (bicyclic) bond motifs is 3. The number of anilines is 3. The van der Waals surface area contributed by atoms with Crippen molar-refractivity contribution in [1.29, 1.82) is 0 Å². The number of hydrogen-bond acceptors (Lipinski definition) is 17. The monoisotopic (exact) mass is 924 g/mol. The van der Waals surface area contributed by atoms with Crippen molar-refractivity contribution in [3.63, 3.8) is 0 Å². The fourth-order valence-electron chi connectivity index (χ4n) is 8.19. The maximum Gasteiger partial charge on any atom is 0.470 e. The lowest BCUT2D eigenvalue weighted by atomic mass is 9.79. The van der Waals surface area contributed by atoms with Crippen molar-refractivity contribution < 1.29 is 66.3 Å². The van der Waals surface area contributed by atoms with Gasteiger partial charge in [0.2, 0.25) is 11.9 Å². The number of nitrogens with one attached hydrogen (secondary N) is 2. The molecule has 5 atom stereocenters. The number of nitrogens with two attached hydrogens (primary N) is 1. The lowest BCUT2D eigenvalue weighted by molar-refractivity contribution is -0.121. The minimum atomic E-state index is -5.24. The molecule has 1 aromatic carbocycles. The van der Waals surface area contributed by atoms with Gasteiger partial charge >= 0.3 is 27.2 Å². The summed E-state index contributed by atoms with van der Waals surface area (Å²) in [5, 5.41) is 17.6. The molecule has 2 aliphatic rings. The van der Waals surface area contributed by atoms with E-state index in [0.717, 1.165) is 36.8 Å². The Labute approximate surface area is 361 Å². The zero-order valence-corrected chi connectivity index (χ0v) is 37.0. The number of aliphatic hydroxyl groups is 1. The van der Waals surface area contributed by atoms with Crippen molar-refractivity contribution in [2.24, 2.45) is 0 Å². The summed E-state index contributed by atoms with van der Waals surface area (Å²) in [6, 6.07) is 5.32. The van der Waals surface area contributed by atoms with E-state index < -0.39 is 58.4 Å². The van der Waals surface area contributed by atoms with Crippen LogP contribution in [-0.2, 0) is 32.4 Å². The van der Waals surface area contributed by atoms with Gasteiger partial charge < -0.3 is 59.8 Å². The number of aliphatic hydroxyl groups excluding tert-OH is 1. The minimum absolute atomic E-state index is 0.0236. The number of rotatable bonds is 20. The predicted octanol–water partition coefficient (Wildman–Crippen LogP) is 3.20. The van der Waals surface area contributed by atoms with E-state index in [1.54, 1.807) is 6.92 Å². The first-order valence-corrected chi connectivity index (χ1v) is 23.6. The average molecular weight is 925 g/mol. The van der Waals surface area contributed by atoms with E-state index in [0.29, 0.717) is 56.3 Å². The number of unbranched alkanes of at least 4 members (excludes halogenated alkanes) is 3. The first-order valence-electron chi connectivity index (χ1n) is 20.5. The molecule has 4 aromatic rings. The summed E-state index contributed by atoms with van der Waals surface area (Å²) < 4.78 is 50.3. The molecule has 0 spiro atoms. The second-order valence-corrected chi connectivity index (χ2v) is 18.6. The Morgan fingerprint density at radius 2 is 1.76 bits per heavy atom. The molecule has 3 aromatic heterocycles. The molecule has 1 saturated heterocycles. The number of benzene rings is 1. The topological polar surface area (TPSA) is 333 Å². The molecule has 63 heavy (non-hydrogen) atoms. The minimum Gasteiger partial charge on any atom is -0.462 e. The maximum atomic E-state index is 12.9. The number of nitrogen functional groups attached to an aromatic ring is 1. The number of hydrogen-bond donors (Lipinski definition) is 8. The van der Waals surface area contributed by atoms with Crippen LogP contribution in [0.25, 0.3) is 22.1 Å². The van der Waals surface area contributed by atoms with Crippen molar-refractivity contribution in [2.75, 3.05) is 48.8 Å². The number of imidazole rings is 1. The fourth-order valence-corrected chi connectivity index (χ4v) is 9.08. The maximum absolute atomic E-state index is 12.9. The van der Waals surface area contributed by atoms with Crippen LogP contribution in [0.15, 0.2) is 33.7 Å². The van der Waals surface area contributed by atoms with E-state index in [-0.39, 0.29) is 52.5 Å². The Balaban J connectivity index is 0.992. The van der Waals surface area contributed by atoms with E-state index in [9.17, 15) is 38.4 Å². The van der Waals surface area contributed by atoms with E-state index >= 15 is 0 Å². The van der Waals surface area contributed by atoms with Crippen molar-refractivity contribution >= 4 is 67.1 Å². The molecular weight excluding hydrogens is 870 g/mol. The zero-order valence-electron chi connectivity index (χ0n) is 35.2. The van der Waals surface area contributed by atoms with Crippen LogP contribution in [0.5, 0.6) is 0 Å². The van der Waals surface area contributed by atoms with Gasteiger partial charge in [0.15, 0.2) is 23.2 Å². The van der Waals surface area contributed by atoms with Gasteiger partial charge in [0, 0.05) is 48.7 Å². The van der Waals surface area contributed by atoms with Gasteiger partial charge in [-0.05, 0) is 70.1 Å². The highest BCUT2D eigenvalue weighted by atomic mass is 31.2. The SMILES string of the molecule is CCOC(=O)c1cc2cc3c(cc2oc1=O)N(CCCC(=O)NCCCCCCNc1nc2c(N)ncnc2n1[C@@H]1O[C@H](COP(=O)(O)O)[C@@H](O)[C@H]1OP(=O)(O)O)C(C)(C)CC3C. The molecule has 0 saturated carbocycles. The Morgan fingerprint density at radius 1 is 1.03 bits per heavy atom. The number of carbonyl (C=O) groups is 2. The Bertz CT molecular complexity index is 2450. The molecular formula is C38H54N8O15P2. The average Bonchev–Trinajstić information content (AvgIpc) is 3.70. The van der Waals surface area contributed by atoms with Crippen molar-refractivity contribution in [2.45, 2.75) is 109 Å². The zero-order chi connectivity index (χ0) is 45.9. The van der Waals surface area contributed by atoms with Crippen LogP contribution in [0, 0.1) is 0 Å². The van der Waals surface area contributed by atoms with Crippen molar-refractivity contribution in [1.82, 2.24) is 24.8 Å². The summed E-state index contributed by atoms with van der Waals surface area (Å²) in [5.74, 6) is -0.555. The van der Waals surface area contributed by atoms with E-state index in [2.05, 4.69) is 55.8 Å². The summed E-state index contributed by atoms with van der Waals surface area (Å²) >= 11 is 0. The summed E-state index contributed by atoms with van der Waals surface area (Å²) in [6.45, 7) is 8.81. The Morgan fingerprint density at radius 3 is 2.46 bits per heavy atom. The third kappa shape index (κ3) is 11.6. The molecule has 2 aliphatic heterocycles. The second-order valence-electron chi connectivity index (χ2n) is 16.1. The van der Waals surface area contributed by atoms with Crippen LogP contribution in [0.4, 0.5) is 17.5 Å². The van der Waals surface area contributed by atoms with Crippen LogP contribution < -0.4 is 26.9 Å². The van der Waals surface area contributed by atoms with Crippen LogP contribution >= 0.6 is 15.6 Å². The highest BCUT2D eigenvalue weighted by Gasteiger charge is 2.50. The largest absolute Gasteiger partial charge is 0.470 e. The molecule has 5 heterocycles. The summed E-state index contributed by atoms with van der Waals surface area (Å²) in [7, 11) is -10.2. The molecule has 23 nitrogen and oxygen atoms in total. The van der Waals surface area contributed by atoms with E-state index in [1.807, 2.05) is 12.1 Å². The fraction of sp³-hybridized carbons (Fsp3) is 0.579. The highest BCUT2D eigenvalue weighted by molar-refractivity contribution is 7.46. The molecule has 9 N–H and O–H groups in total. The predicted molar refractivity (Wildman–Crippen MR) is 227 cm³/mol. The molecule has 346 valence electrons. The van der Waals surface area contributed by atoms with Gasteiger partial charge in [-0.3, -0.25) is 18.4 Å². The summed E-state index contributed by atoms with van der Waals surface area (Å²) in [4.78, 5) is 90.2. The summed E-state index contributed by atoms with van der Waals surface area (Å²) in [6.07, 6.45) is -0.854. The lowest BCUT2D eigenvalue weighted by Gasteiger charge is -2.47. The Kier molecular flexibility index (Phi) is 15.0. The summed E-state index contributed by atoms with van der Waals surface area (Å²) in [5.41, 5.74) is 7.40. The standard InChI is InChI=1S/C38H54N8O15P2/c1-5-57-35(49)24-16-22-15-23-21(2)18-38(3,4)45(25(23)17-26(22)60-36(24)50)14-10-11-28(47)40-12-8-6-7-9-13-41-37-44-29-32(39)42-20-43-33(29)46(37)34-31(61-63(54,55)56)30(48)27(59-34)19-58-62(51,52)53/h15-17,20-21,27,30-31,34,48H,5-14,18-19H2,1-4H3,(H,40,47)(H,41,44)(H2,39,42,43)(H2,51,52,53)(H2,54,55,56)/t21?,27-,30-,31-,34-/m1/s1. The van der Waals surface area contributed by atoms with Gasteiger partial charge in [-0.1, -0.05) is 19.8 Å². The molecule has 1 unspecified atom stereocenters. The quantitative estimate of drug-likeness (QED) is 0.0273. The van der Waals surface area contributed by atoms with Crippen molar-refractivity contribution in [3.8, 4) is 0 Å². The number of amides is 1. The van der Waals surface area contributed by atoms with E-state index in [1.165, 1.54) is 10.6 Å². The first-order chi connectivity index (χ1) is 29.7. The number of ether oxygens (including phenoxy) is 2. The molecule has 0 aliphatic carbocycles. The number of nitrogens with zero attached hydrogens (tertiary/aromatic N) is 5. The molecule has 1 amide bonds. The number of phosphoric ester groups is 2. The van der Waals surface area contributed by atoms with E-state index in [4.69, 9.17) is 33.9 Å². The number of aromatic nitrogens is 4. The first kappa shape index (κ1) is 47.9. The van der Waals surface area contributed by atoms with Crippen LogP contribution in [0.2, 0.25) is 0 Å². The second kappa shape index (κ2) is 19.7. The van der Waals surface area contributed by atoms with Crippen molar-refractivity contribution in [3.05, 3.63) is 46.1 Å². The molecule has 0 bridgehead atoms. The normalized spacial score (nSPS) is 21.2. The van der Waals surface area contributed by atoms with Crippen LogP contribution in [0.1, 0.15) is 101 Å². The van der Waals surface area contributed by atoms with Gasteiger partial charge in [0.25, 0.3) is 0 Å². The number of carbonyl (C=O) groups excluding carboxylic acids is 2. The number of esters is 1. The smallest absolute Gasteiger partial charge is 0.462 e. The molecule has 0 radical (unpaired) electrons. The Hall–Kier alpha value is -4.54. The third-order valence-corrected chi connectivity index (χ3v) is 12.0. The number of phosphoric acid groups is 2. The van der Waals surface area contributed by atoms with Crippen LogP contribution in [0.3, 0.4) is 0 Å². The van der Waals surface area contributed by atoms with Gasteiger partial charge in [0.05, 0.1) is 13.2 Å². The van der Waals surface area contributed by atoms with Gasteiger partial charge in [-0.2, -0.15) is 0 Å². The highest BCUT2D eigenvalue weighted by Crippen LogP contribution is 2.48.